The molecule has 0 atom stereocenters. The Hall–Kier alpha value is -1.81. The van der Waals surface area contributed by atoms with E-state index in [4.69, 9.17) is 5.73 Å². The van der Waals surface area contributed by atoms with Crippen molar-refractivity contribution in [1.82, 2.24) is 9.13 Å². The van der Waals surface area contributed by atoms with Crippen LogP contribution in [0.15, 0.2) is 35.3 Å². The first-order valence-corrected chi connectivity index (χ1v) is 7.13. The van der Waals surface area contributed by atoms with E-state index in [0.29, 0.717) is 6.54 Å². The van der Waals surface area contributed by atoms with Gasteiger partial charge >= 0.3 is 5.69 Å². The molecule has 2 aromatic rings. The number of imidazole rings is 1. The molecule has 1 aromatic carbocycles. The third kappa shape index (κ3) is 1.83. The van der Waals surface area contributed by atoms with Crippen LogP contribution < -0.4 is 11.4 Å². The number of hydrogen-bond acceptors (Lipinski definition) is 2. The first kappa shape index (κ1) is 13.2. The molecule has 1 aliphatic carbocycles. The first-order chi connectivity index (χ1) is 9.57. The molecule has 1 fully saturated rings. The number of aryl methyl sites for hydroxylation is 2. The lowest BCUT2D eigenvalue weighted by atomic mass is 9.64. The lowest BCUT2D eigenvalue weighted by Crippen LogP contribution is -2.41. The first-order valence-electron chi connectivity index (χ1n) is 7.13. The molecule has 0 saturated heterocycles. The zero-order valence-electron chi connectivity index (χ0n) is 12.1. The van der Waals surface area contributed by atoms with Gasteiger partial charge in [-0.2, -0.15) is 0 Å². The molecule has 1 aromatic heterocycles. The molecule has 3 rings (SSSR count). The van der Waals surface area contributed by atoms with Gasteiger partial charge in [0, 0.05) is 30.9 Å². The Morgan fingerprint density at radius 1 is 1.35 bits per heavy atom. The number of rotatable bonds is 3. The molecule has 106 valence electrons. The summed E-state index contributed by atoms with van der Waals surface area (Å²) in [5, 5.41) is 0. The van der Waals surface area contributed by atoms with Gasteiger partial charge in [-0.1, -0.05) is 18.6 Å². The summed E-state index contributed by atoms with van der Waals surface area (Å²) in [4.78, 5) is 12.2. The summed E-state index contributed by atoms with van der Waals surface area (Å²) >= 11 is 0. The van der Waals surface area contributed by atoms with E-state index in [9.17, 15) is 4.79 Å². The van der Waals surface area contributed by atoms with Gasteiger partial charge in [-0.15, -0.1) is 0 Å². The number of nitrogens with two attached hydrogens (primary N) is 1. The molecule has 0 unspecified atom stereocenters. The van der Waals surface area contributed by atoms with Crippen molar-refractivity contribution < 1.29 is 0 Å². The molecular weight excluding hydrogens is 250 g/mol. The molecule has 0 radical (unpaired) electrons. The minimum absolute atomic E-state index is 0.00458. The van der Waals surface area contributed by atoms with Crippen molar-refractivity contribution in [3.63, 3.8) is 0 Å². The van der Waals surface area contributed by atoms with Gasteiger partial charge in [0.1, 0.15) is 0 Å². The minimum atomic E-state index is -0.00458. The Balaban J connectivity index is 2.10. The predicted octanol–water partition coefficient (Wildman–Crippen LogP) is 1.86. The average molecular weight is 271 g/mol. The van der Waals surface area contributed by atoms with Gasteiger partial charge in [0.2, 0.25) is 0 Å². The molecule has 0 aliphatic heterocycles. The maximum absolute atomic E-state index is 12.2. The van der Waals surface area contributed by atoms with Crippen molar-refractivity contribution in [2.45, 2.75) is 31.6 Å². The standard InChI is InChI=1S/C16H21N3O/c1-12-10-18(2)15(20)19(12)14-6-3-5-13(9-14)16(11-17)7-4-8-16/h3,5-6,9-10H,4,7-8,11,17H2,1-2H3. The topological polar surface area (TPSA) is 53.0 Å². The summed E-state index contributed by atoms with van der Waals surface area (Å²) in [6.45, 7) is 2.63. The Kier molecular flexibility index (Phi) is 3.05. The quantitative estimate of drug-likeness (QED) is 0.926. The average Bonchev–Trinajstić information content (AvgIpc) is 2.63. The van der Waals surface area contributed by atoms with Crippen LogP contribution in [-0.2, 0) is 12.5 Å². The van der Waals surface area contributed by atoms with Crippen LogP contribution in [0.1, 0.15) is 30.5 Å². The van der Waals surface area contributed by atoms with E-state index in [1.54, 1.807) is 16.2 Å². The number of nitrogens with zero attached hydrogens (tertiary/aromatic N) is 2. The van der Waals surface area contributed by atoms with Crippen LogP contribution in [0.3, 0.4) is 0 Å². The molecule has 0 bridgehead atoms. The smallest absolute Gasteiger partial charge is 0.330 e. The van der Waals surface area contributed by atoms with Crippen LogP contribution in [0.2, 0.25) is 0 Å². The summed E-state index contributed by atoms with van der Waals surface area (Å²) in [6, 6.07) is 8.28. The van der Waals surface area contributed by atoms with E-state index in [1.165, 1.54) is 12.0 Å². The molecule has 4 nitrogen and oxygen atoms in total. The highest BCUT2D eigenvalue weighted by atomic mass is 16.1. The second-order valence-electron chi connectivity index (χ2n) is 5.89. The van der Waals surface area contributed by atoms with Gasteiger partial charge in [-0.25, -0.2) is 4.79 Å². The van der Waals surface area contributed by atoms with E-state index in [0.717, 1.165) is 24.2 Å². The van der Waals surface area contributed by atoms with Crippen molar-refractivity contribution in [2.75, 3.05) is 6.54 Å². The van der Waals surface area contributed by atoms with Crippen LogP contribution in [0.25, 0.3) is 5.69 Å². The number of aromatic nitrogens is 2. The zero-order chi connectivity index (χ0) is 14.3. The Morgan fingerprint density at radius 3 is 2.60 bits per heavy atom. The molecular formula is C16H21N3O. The molecule has 2 N–H and O–H groups in total. The van der Waals surface area contributed by atoms with Gasteiger partial charge in [0.25, 0.3) is 0 Å². The molecule has 0 amide bonds. The second kappa shape index (κ2) is 4.63. The van der Waals surface area contributed by atoms with Crippen LogP contribution in [0, 0.1) is 6.92 Å². The third-order valence-electron chi connectivity index (χ3n) is 4.64. The van der Waals surface area contributed by atoms with Gasteiger partial charge < -0.3 is 10.3 Å². The van der Waals surface area contributed by atoms with Crippen LogP contribution in [0.4, 0.5) is 0 Å². The summed E-state index contributed by atoms with van der Waals surface area (Å²) in [5.41, 5.74) is 9.25. The summed E-state index contributed by atoms with van der Waals surface area (Å²) < 4.78 is 3.37. The van der Waals surface area contributed by atoms with Gasteiger partial charge in [0.05, 0.1) is 5.69 Å². The van der Waals surface area contributed by atoms with Crippen molar-refractivity contribution in [2.24, 2.45) is 12.8 Å². The Bertz CT molecular complexity index is 686. The van der Waals surface area contributed by atoms with Crippen LogP contribution in [0.5, 0.6) is 0 Å². The zero-order valence-corrected chi connectivity index (χ0v) is 12.1. The van der Waals surface area contributed by atoms with E-state index >= 15 is 0 Å². The predicted molar refractivity (Wildman–Crippen MR) is 80.3 cm³/mol. The molecule has 1 saturated carbocycles. The fraction of sp³-hybridized carbons (Fsp3) is 0.438. The highest BCUT2D eigenvalue weighted by molar-refractivity contribution is 5.41. The summed E-state index contributed by atoms with van der Waals surface area (Å²) in [7, 11) is 1.78. The maximum atomic E-state index is 12.2. The third-order valence-corrected chi connectivity index (χ3v) is 4.64. The summed E-state index contributed by atoms with van der Waals surface area (Å²) in [6.07, 6.45) is 5.40. The summed E-state index contributed by atoms with van der Waals surface area (Å²) in [5.74, 6) is 0. The van der Waals surface area contributed by atoms with Gasteiger partial charge in [-0.05, 0) is 37.5 Å². The Labute approximate surface area is 118 Å². The fourth-order valence-corrected chi connectivity index (χ4v) is 3.20. The second-order valence-corrected chi connectivity index (χ2v) is 5.89. The molecule has 1 aliphatic rings. The molecule has 1 heterocycles. The SMILES string of the molecule is Cc1cn(C)c(=O)n1-c1cccc(C2(CN)CCC2)c1. The lowest BCUT2D eigenvalue weighted by molar-refractivity contribution is 0.253. The highest BCUT2D eigenvalue weighted by Crippen LogP contribution is 2.43. The number of hydrogen-bond donors (Lipinski definition) is 1. The molecule has 20 heavy (non-hydrogen) atoms. The van der Waals surface area contributed by atoms with E-state index in [-0.39, 0.29) is 11.1 Å². The largest absolute Gasteiger partial charge is 0.332 e. The fourth-order valence-electron chi connectivity index (χ4n) is 3.20. The highest BCUT2D eigenvalue weighted by Gasteiger charge is 2.37. The van der Waals surface area contributed by atoms with Crippen molar-refractivity contribution in [1.29, 1.82) is 0 Å². The molecule has 0 spiro atoms. The van der Waals surface area contributed by atoms with Gasteiger partial charge in [-0.3, -0.25) is 4.57 Å². The van der Waals surface area contributed by atoms with Gasteiger partial charge in [0.15, 0.2) is 0 Å². The Morgan fingerprint density at radius 2 is 2.10 bits per heavy atom. The molecule has 4 heteroatoms. The van der Waals surface area contributed by atoms with E-state index in [2.05, 4.69) is 12.1 Å². The van der Waals surface area contributed by atoms with Crippen LogP contribution in [-0.4, -0.2) is 15.7 Å². The minimum Gasteiger partial charge on any atom is -0.330 e. The van der Waals surface area contributed by atoms with Crippen molar-refractivity contribution in [3.8, 4) is 5.69 Å². The van der Waals surface area contributed by atoms with Crippen molar-refractivity contribution in [3.05, 3.63) is 52.2 Å². The van der Waals surface area contributed by atoms with E-state index in [1.807, 2.05) is 25.3 Å². The maximum Gasteiger partial charge on any atom is 0.332 e. The number of benzene rings is 1. The van der Waals surface area contributed by atoms with E-state index < -0.39 is 0 Å². The van der Waals surface area contributed by atoms with Crippen LogP contribution >= 0.6 is 0 Å². The normalized spacial score (nSPS) is 16.9. The monoisotopic (exact) mass is 271 g/mol. The lowest BCUT2D eigenvalue weighted by Gasteiger charge is -2.41. The van der Waals surface area contributed by atoms with Crippen molar-refractivity contribution >= 4 is 0 Å².